The molecule has 0 spiro atoms. The molecule has 1 N–H and O–H groups in total. The smallest absolute Gasteiger partial charge is 0.223 e. The quantitative estimate of drug-likeness (QED) is 0.394. The van der Waals surface area contributed by atoms with Crippen molar-refractivity contribution in [1.82, 2.24) is 20.4 Å². The fourth-order valence-electron chi connectivity index (χ4n) is 3.32. The molecule has 0 radical (unpaired) electrons. The van der Waals surface area contributed by atoms with Crippen LogP contribution < -0.4 is 5.32 Å². The van der Waals surface area contributed by atoms with Gasteiger partial charge in [-0.15, -0.1) is 24.0 Å². The average Bonchev–Trinajstić information content (AvgIpc) is 3.07. The van der Waals surface area contributed by atoms with E-state index < -0.39 is 0 Å². The molecule has 9 heteroatoms. The van der Waals surface area contributed by atoms with E-state index in [1.165, 1.54) is 12.8 Å². The van der Waals surface area contributed by atoms with Gasteiger partial charge >= 0.3 is 0 Å². The molecule has 0 bridgehead atoms. The molecule has 8 nitrogen and oxygen atoms in total. The Morgan fingerprint density at radius 2 is 2.12 bits per heavy atom. The lowest BCUT2D eigenvalue weighted by Gasteiger charge is -2.34. The third kappa shape index (κ3) is 6.34. The number of rotatable bonds is 5. The summed E-state index contributed by atoms with van der Waals surface area (Å²) < 4.78 is 16.8. The van der Waals surface area contributed by atoms with E-state index in [1.807, 2.05) is 0 Å². The molecular weight excluding hydrogens is 449 g/mol. The van der Waals surface area contributed by atoms with E-state index in [9.17, 15) is 0 Å². The lowest BCUT2D eigenvalue weighted by molar-refractivity contribution is -0.0721. The Labute approximate surface area is 172 Å². The lowest BCUT2D eigenvalue weighted by atomic mass is 10.1. The first-order valence-electron chi connectivity index (χ1n) is 9.22. The highest BCUT2D eigenvalue weighted by molar-refractivity contribution is 14.0. The third-order valence-electron chi connectivity index (χ3n) is 4.72. The van der Waals surface area contributed by atoms with Crippen LogP contribution in [0.15, 0.2) is 9.52 Å². The second-order valence-electron chi connectivity index (χ2n) is 6.64. The first-order valence-corrected chi connectivity index (χ1v) is 9.22. The molecule has 2 aliphatic heterocycles. The van der Waals surface area contributed by atoms with Gasteiger partial charge < -0.3 is 24.2 Å². The van der Waals surface area contributed by atoms with E-state index in [1.54, 1.807) is 14.0 Å². The molecule has 1 aromatic heterocycles. The number of nitrogens with one attached hydrogen (secondary N) is 1. The summed E-state index contributed by atoms with van der Waals surface area (Å²) in [7, 11) is 1.80. The van der Waals surface area contributed by atoms with E-state index >= 15 is 0 Å². The van der Waals surface area contributed by atoms with Gasteiger partial charge in [0.15, 0.2) is 11.8 Å². The van der Waals surface area contributed by atoms with E-state index in [4.69, 9.17) is 14.0 Å². The van der Waals surface area contributed by atoms with Gasteiger partial charge in [-0.2, -0.15) is 4.98 Å². The number of hydrogen-bond acceptors (Lipinski definition) is 6. The molecule has 1 unspecified atom stereocenters. The Balaban J connectivity index is 0.00000243. The van der Waals surface area contributed by atoms with E-state index in [0.29, 0.717) is 30.5 Å². The Kier molecular flexibility index (Phi) is 9.06. The summed E-state index contributed by atoms with van der Waals surface area (Å²) in [6, 6.07) is 0. The summed E-state index contributed by atoms with van der Waals surface area (Å²) >= 11 is 0. The van der Waals surface area contributed by atoms with Gasteiger partial charge in [0.2, 0.25) is 5.89 Å². The highest BCUT2D eigenvalue weighted by atomic mass is 127. The fraction of sp³-hybridized carbons (Fsp3) is 0.824. The van der Waals surface area contributed by atoms with Crippen LogP contribution in [0.1, 0.15) is 43.8 Å². The molecule has 26 heavy (non-hydrogen) atoms. The first kappa shape index (κ1) is 21.4. The van der Waals surface area contributed by atoms with Crippen molar-refractivity contribution in [3.8, 4) is 0 Å². The standard InChI is InChI=1S/C17H29N5O3.HI/c1-13-20-16(21-25-13)11-19-17(18-2)22-8-6-14(7-9-22)24-12-15-5-3-4-10-23-15;/h14-15H,3-12H2,1-2H3,(H,18,19);1H. The second-order valence-corrected chi connectivity index (χ2v) is 6.64. The topological polar surface area (TPSA) is 85.0 Å². The maximum atomic E-state index is 6.07. The maximum Gasteiger partial charge on any atom is 0.223 e. The minimum atomic E-state index is 0. The number of piperidine rings is 1. The molecule has 0 saturated carbocycles. The van der Waals surface area contributed by atoms with Gasteiger partial charge in [-0.1, -0.05) is 5.16 Å². The Morgan fingerprint density at radius 3 is 2.73 bits per heavy atom. The zero-order valence-corrected chi connectivity index (χ0v) is 18.0. The van der Waals surface area contributed by atoms with Crippen LogP contribution in [0, 0.1) is 6.92 Å². The minimum Gasteiger partial charge on any atom is -0.376 e. The number of halogens is 1. The summed E-state index contributed by atoms with van der Waals surface area (Å²) in [6.45, 7) is 5.78. The first-order chi connectivity index (χ1) is 12.2. The van der Waals surface area contributed by atoms with E-state index in [0.717, 1.165) is 51.5 Å². The van der Waals surface area contributed by atoms with Gasteiger partial charge in [-0.25, -0.2) is 0 Å². The van der Waals surface area contributed by atoms with Crippen molar-refractivity contribution < 1.29 is 14.0 Å². The number of likely N-dealkylation sites (tertiary alicyclic amines) is 1. The van der Waals surface area contributed by atoms with Gasteiger partial charge in [0.05, 0.1) is 25.4 Å². The number of ether oxygens (including phenoxy) is 2. The maximum absolute atomic E-state index is 6.07. The van der Waals surface area contributed by atoms with Crippen LogP contribution in [-0.4, -0.2) is 66.6 Å². The molecule has 0 aromatic carbocycles. The van der Waals surface area contributed by atoms with Crippen LogP contribution in [0.4, 0.5) is 0 Å². The zero-order chi connectivity index (χ0) is 17.5. The number of nitrogens with zero attached hydrogens (tertiary/aromatic N) is 4. The van der Waals surface area contributed by atoms with Crippen molar-refractivity contribution in [2.75, 3.05) is 33.4 Å². The second kappa shape index (κ2) is 11.0. The van der Waals surface area contributed by atoms with Crippen molar-refractivity contribution in [3.63, 3.8) is 0 Å². The van der Waals surface area contributed by atoms with Crippen molar-refractivity contribution >= 4 is 29.9 Å². The summed E-state index contributed by atoms with van der Waals surface area (Å²) in [5.74, 6) is 2.09. The number of guanidine groups is 1. The highest BCUT2D eigenvalue weighted by Gasteiger charge is 2.23. The fourth-order valence-corrected chi connectivity index (χ4v) is 3.32. The molecule has 1 atom stereocenters. The van der Waals surface area contributed by atoms with E-state index in [2.05, 4.69) is 25.3 Å². The number of hydrogen-bond donors (Lipinski definition) is 1. The van der Waals surface area contributed by atoms with Crippen molar-refractivity contribution in [3.05, 3.63) is 11.7 Å². The van der Waals surface area contributed by atoms with Crippen molar-refractivity contribution in [2.24, 2.45) is 4.99 Å². The van der Waals surface area contributed by atoms with Gasteiger partial charge in [0.1, 0.15) is 0 Å². The molecule has 0 amide bonds. The number of aryl methyl sites for hydroxylation is 1. The average molecular weight is 479 g/mol. The predicted molar refractivity (Wildman–Crippen MR) is 109 cm³/mol. The van der Waals surface area contributed by atoms with Crippen LogP contribution in [0.25, 0.3) is 0 Å². The van der Waals surface area contributed by atoms with Crippen LogP contribution in [0.5, 0.6) is 0 Å². The van der Waals surface area contributed by atoms with Gasteiger partial charge in [0, 0.05) is 33.7 Å². The van der Waals surface area contributed by atoms with Crippen LogP contribution in [0.2, 0.25) is 0 Å². The molecule has 2 aliphatic rings. The molecule has 1 aromatic rings. The van der Waals surface area contributed by atoms with Crippen molar-refractivity contribution in [2.45, 2.75) is 57.8 Å². The summed E-state index contributed by atoms with van der Waals surface area (Å²) in [4.78, 5) is 10.8. The van der Waals surface area contributed by atoms with Gasteiger partial charge in [-0.3, -0.25) is 4.99 Å². The van der Waals surface area contributed by atoms with Gasteiger partial charge in [-0.05, 0) is 32.1 Å². The summed E-state index contributed by atoms with van der Waals surface area (Å²) in [5, 5.41) is 7.19. The third-order valence-corrected chi connectivity index (χ3v) is 4.72. The van der Waals surface area contributed by atoms with Crippen molar-refractivity contribution in [1.29, 1.82) is 0 Å². The normalized spacial score (nSPS) is 22.2. The Morgan fingerprint density at radius 1 is 1.31 bits per heavy atom. The molecule has 3 rings (SSSR count). The summed E-state index contributed by atoms with van der Waals surface area (Å²) in [5.41, 5.74) is 0. The molecule has 2 fully saturated rings. The largest absolute Gasteiger partial charge is 0.376 e. The van der Waals surface area contributed by atoms with E-state index in [-0.39, 0.29) is 24.0 Å². The minimum absolute atomic E-state index is 0. The monoisotopic (exact) mass is 479 g/mol. The lowest BCUT2D eigenvalue weighted by Crippen LogP contribution is -2.47. The Bertz CT molecular complexity index is 554. The number of aliphatic imine (C=N–C) groups is 1. The molecule has 0 aliphatic carbocycles. The predicted octanol–water partition coefficient (Wildman–Crippen LogP) is 2.12. The molecule has 2 saturated heterocycles. The Hall–Kier alpha value is -0.940. The van der Waals surface area contributed by atoms with Crippen LogP contribution >= 0.6 is 24.0 Å². The summed E-state index contributed by atoms with van der Waals surface area (Å²) in [6.07, 6.45) is 6.20. The van der Waals surface area contributed by atoms with Gasteiger partial charge in [0.25, 0.3) is 0 Å². The number of aromatic nitrogens is 2. The molecule has 148 valence electrons. The van der Waals surface area contributed by atoms with Crippen LogP contribution in [0.3, 0.4) is 0 Å². The SMILES string of the molecule is CN=C(NCc1noc(C)n1)N1CCC(OCC2CCCCO2)CC1.I. The van der Waals surface area contributed by atoms with Crippen LogP contribution in [-0.2, 0) is 16.0 Å². The highest BCUT2D eigenvalue weighted by Crippen LogP contribution is 2.18. The molecule has 3 heterocycles. The molecular formula is C17H30IN5O3. The zero-order valence-electron chi connectivity index (χ0n) is 15.6.